The standard InChI is InChI=1S/C14H20N4O2/c1-5-18-9-10(8-16-18)19-12-7-6-11(15)13(17-12)20-14(2,3)4/h6-9H,5,15H2,1-4H3. The van der Waals surface area contributed by atoms with Crippen molar-refractivity contribution in [2.24, 2.45) is 0 Å². The Bertz CT molecular complexity index is 587. The summed E-state index contributed by atoms with van der Waals surface area (Å²) in [6, 6.07) is 3.42. The minimum absolute atomic E-state index is 0.368. The molecule has 0 aromatic carbocycles. The van der Waals surface area contributed by atoms with Crippen LogP contribution in [0.5, 0.6) is 17.5 Å². The molecule has 0 saturated carbocycles. The third-order valence-electron chi connectivity index (χ3n) is 2.42. The summed E-state index contributed by atoms with van der Waals surface area (Å²) in [5.74, 6) is 1.43. The number of aryl methyl sites for hydroxylation is 1. The van der Waals surface area contributed by atoms with Crippen LogP contribution < -0.4 is 15.2 Å². The van der Waals surface area contributed by atoms with Crippen LogP contribution in [0.3, 0.4) is 0 Å². The van der Waals surface area contributed by atoms with Crippen molar-refractivity contribution in [3.63, 3.8) is 0 Å². The summed E-state index contributed by atoms with van der Waals surface area (Å²) >= 11 is 0. The number of nitrogens with zero attached hydrogens (tertiary/aromatic N) is 3. The molecular weight excluding hydrogens is 256 g/mol. The first-order valence-electron chi connectivity index (χ1n) is 6.53. The summed E-state index contributed by atoms with van der Waals surface area (Å²) in [6.07, 6.45) is 3.45. The average molecular weight is 276 g/mol. The number of nitrogen functional groups attached to an aromatic ring is 1. The Morgan fingerprint density at radius 2 is 2.05 bits per heavy atom. The third kappa shape index (κ3) is 3.63. The van der Waals surface area contributed by atoms with E-state index in [1.54, 1.807) is 23.0 Å². The van der Waals surface area contributed by atoms with Gasteiger partial charge < -0.3 is 15.2 Å². The Hall–Kier alpha value is -2.24. The van der Waals surface area contributed by atoms with Gasteiger partial charge in [-0.1, -0.05) is 0 Å². The normalized spacial score (nSPS) is 11.4. The summed E-state index contributed by atoms with van der Waals surface area (Å²) in [4.78, 5) is 4.28. The topological polar surface area (TPSA) is 75.2 Å². The Morgan fingerprint density at radius 3 is 2.65 bits per heavy atom. The molecule has 0 atom stereocenters. The molecule has 0 spiro atoms. The zero-order chi connectivity index (χ0) is 14.8. The molecule has 0 aliphatic carbocycles. The summed E-state index contributed by atoms with van der Waals surface area (Å²) in [5, 5.41) is 4.14. The Morgan fingerprint density at radius 1 is 1.30 bits per heavy atom. The van der Waals surface area contributed by atoms with Gasteiger partial charge in [-0.3, -0.25) is 4.68 Å². The SMILES string of the molecule is CCn1cc(Oc2ccc(N)c(OC(C)(C)C)n2)cn1. The van der Waals surface area contributed by atoms with Gasteiger partial charge in [0.1, 0.15) is 5.60 Å². The highest BCUT2D eigenvalue weighted by Gasteiger charge is 2.16. The average Bonchev–Trinajstić information content (AvgIpc) is 2.79. The number of anilines is 1. The van der Waals surface area contributed by atoms with Gasteiger partial charge in [-0.15, -0.1) is 0 Å². The molecule has 108 valence electrons. The monoisotopic (exact) mass is 276 g/mol. The van der Waals surface area contributed by atoms with Gasteiger partial charge in [-0.2, -0.15) is 10.1 Å². The number of ether oxygens (including phenoxy) is 2. The van der Waals surface area contributed by atoms with Gasteiger partial charge in [0.2, 0.25) is 11.8 Å². The fourth-order valence-electron chi connectivity index (χ4n) is 1.55. The first-order valence-corrected chi connectivity index (χ1v) is 6.53. The lowest BCUT2D eigenvalue weighted by Crippen LogP contribution is -2.24. The second kappa shape index (κ2) is 5.40. The van der Waals surface area contributed by atoms with Crippen LogP contribution in [0.2, 0.25) is 0 Å². The maximum atomic E-state index is 5.86. The van der Waals surface area contributed by atoms with Gasteiger partial charge in [0.25, 0.3) is 0 Å². The van der Waals surface area contributed by atoms with E-state index >= 15 is 0 Å². The van der Waals surface area contributed by atoms with Crippen molar-refractivity contribution >= 4 is 5.69 Å². The molecule has 2 heterocycles. The largest absolute Gasteiger partial charge is 0.470 e. The molecule has 0 saturated heterocycles. The quantitative estimate of drug-likeness (QED) is 0.929. The molecule has 2 rings (SSSR count). The Kier molecular flexibility index (Phi) is 3.83. The van der Waals surface area contributed by atoms with Crippen molar-refractivity contribution in [3.05, 3.63) is 24.5 Å². The molecule has 0 aliphatic heterocycles. The van der Waals surface area contributed by atoms with Crippen molar-refractivity contribution in [1.82, 2.24) is 14.8 Å². The highest BCUT2D eigenvalue weighted by atomic mass is 16.5. The zero-order valence-corrected chi connectivity index (χ0v) is 12.3. The van der Waals surface area contributed by atoms with Gasteiger partial charge in [-0.25, -0.2) is 0 Å². The Labute approximate surface area is 118 Å². The lowest BCUT2D eigenvalue weighted by molar-refractivity contribution is 0.124. The van der Waals surface area contributed by atoms with E-state index in [4.69, 9.17) is 15.2 Å². The van der Waals surface area contributed by atoms with Crippen molar-refractivity contribution in [1.29, 1.82) is 0 Å². The van der Waals surface area contributed by atoms with Crippen molar-refractivity contribution < 1.29 is 9.47 Å². The van der Waals surface area contributed by atoms with E-state index in [-0.39, 0.29) is 5.60 Å². The third-order valence-corrected chi connectivity index (χ3v) is 2.42. The van der Waals surface area contributed by atoms with E-state index in [9.17, 15) is 0 Å². The van der Waals surface area contributed by atoms with E-state index in [0.29, 0.717) is 23.2 Å². The summed E-state index contributed by atoms with van der Waals surface area (Å²) in [7, 11) is 0. The molecule has 0 radical (unpaired) electrons. The van der Waals surface area contributed by atoms with Gasteiger partial charge in [0.05, 0.1) is 18.1 Å². The molecule has 20 heavy (non-hydrogen) atoms. The lowest BCUT2D eigenvalue weighted by atomic mass is 10.2. The number of nitrogens with two attached hydrogens (primary N) is 1. The smallest absolute Gasteiger partial charge is 0.241 e. The summed E-state index contributed by atoms with van der Waals surface area (Å²) in [5.41, 5.74) is 5.97. The number of hydrogen-bond acceptors (Lipinski definition) is 5. The molecule has 0 amide bonds. The molecule has 0 bridgehead atoms. The second-order valence-electron chi connectivity index (χ2n) is 5.39. The summed E-state index contributed by atoms with van der Waals surface area (Å²) in [6.45, 7) is 8.61. The molecule has 2 aromatic heterocycles. The highest BCUT2D eigenvalue weighted by molar-refractivity contribution is 5.49. The van der Waals surface area contributed by atoms with E-state index in [1.807, 2.05) is 33.9 Å². The first kappa shape index (κ1) is 14.2. The predicted molar refractivity (Wildman–Crippen MR) is 77.0 cm³/mol. The molecule has 0 fully saturated rings. The van der Waals surface area contributed by atoms with Crippen molar-refractivity contribution in [2.45, 2.75) is 39.8 Å². The zero-order valence-electron chi connectivity index (χ0n) is 12.3. The number of pyridine rings is 1. The summed E-state index contributed by atoms with van der Waals surface area (Å²) < 4.78 is 13.1. The van der Waals surface area contributed by atoms with E-state index in [2.05, 4.69) is 10.1 Å². The maximum Gasteiger partial charge on any atom is 0.241 e. The maximum absolute atomic E-state index is 5.86. The minimum atomic E-state index is -0.368. The molecule has 6 nitrogen and oxygen atoms in total. The van der Waals surface area contributed by atoms with Crippen molar-refractivity contribution in [3.8, 4) is 17.5 Å². The predicted octanol–water partition coefficient (Wildman–Crippen LogP) is 2.85. The second-order valence-corrected chi connectivity index (χ2v) is 5.39. The van der Waals surface area contributed by atoms with Crippen LogP contribution in [0.15, 0.2) is 24.5 Å². The van der Waals surface area contributed by atoms with Crippen LogP contribution >= 0.6 is 0 Å². The molecule has 2 aromatic rings. The molecule has 6 heteroatoms. The first-order chi connectivity index (χ1) is 9.37. The highest BCUT2D eigenvalue weighted by Crippen LogP contribution is 2.28. The van der Waals surface area contributed by atoms with Crippen LogP contribution in [0.25, 0.3) is 0 Å². The van der Waals surface area contributed by atoms with Gasteiger partial charge >= 0.3 is 0 Å². The molecule has 2 N–H and O–H groups in total. The molecule has 0 unspecified atom stereocenters. The van der Waals surface area contributed by atoms with Gasteiger partial charge in [0, 0.05) is 12.6 Å². The minimum Gasteiger partial charge on any atom is -0.470 e. The number of rotatable bonds is 4. The van der Waals surface area contributed by atoms with E-state index in [0.717, 1.165) is 6.54 Å². The number of hydrogen-bond donors (Lipinski definition) is 1. The van der Waals surface area contributed by atoms with Crippen LogP contribution in [-0.4, -0.2) is 20.4 Å². The Balaban J connectivity index is 2.18. The van der Waals surface area contributed by atoms with Crippen molar-refractivity contribution in [2.75, 3.05) is 5.73 Å². The van der Waals surface area contributed by atoms with Gasteiger partial charge in [-0.05, 0) is 33.8 Å². The van der Waals surface area contributed by atoms with Crippen LogP contribution in [0.1, 0.15) is 27.7 Å². The van der Waals surface area contributed by atoms with Gasteiger partial charge in [0.15, 0.2) is 5.75 Å². The van der Waals surface area contributed by atoms with E-state index < -0.39 is 0 Å². The molecular formula is C14H20N4O2. The fourth-order valence-corrected chi connectivity index (χ4v) is 1.55. The fraction of sp³-hybridized carbons (Fsp3) is 0.429. The van der Waals surface area contributed by atoms with Crippen LogP contribution in [0.4, 0.5) is 5.69 Å². The lowest BCUT2D eigenvalue weighted by Gasteiger charge is -2.21. The van der Waals surface area contributed by atoms with Crippen LogP contribution in [0, 0.1) is 0 Å². The van der Waals surface area contributed by atoms with Crippen LogP contribution in [-0.2, 0) is 6.54 Å². The number of aromatic nitrogens is 3. The van der Waals surface area contributed by atoms with E-state index in [1.165, 1.54) is 0 Å². The molecule has 0 aliphatic rings.